The Balaban J connectivity index is 1.53. The quantitative estimate of drug-likeness (QED) is 0.571. The molecule has 0 atom stereocenters. The number of para-hydroxylation sites is 2. The van der Waals surface area contributed by atoms with Crippen LogP contribution in [0.15, 0.2) is 48.5 Å². The second-order valence-corrected chi connectivity index (χ2v) is 7.14. The van der Waals surface area contributed by atoms with E-state index in [0.717, 1.165) is 47.2 Å². The van der Waals surface area contributed by atoms with Gasteiger partial charge in [-0.15, -0.1) is 0 Å². The van der Waals surface area contributed by atoms with Crippen LogP contribution in [-0.4, -0.2) is 25.2 Å². The largest absolute Gasteiger partial charge is 0.310 e. The van der Waals surface area contributed by atoms with E-state index in [1.165, 1.54) is 12.1 Å². The first-order chi connectivity index (χ1) is 14.2. The lowest BCUT2D eigenvalue weighted by Gasteiger charge is -2.07. The number of fused-ring (bicyclic) bond motifs is 2. The van der Waals surface area contributed by atoms with Crippen LogP contribution < -0.4 is 5.32 Å². The van der Waals surface area contributed by atoms with Crippen LogP contribution in [0.4, 0.5) is 10.3 Å². The molecule has 6 nitrogen and oxygen atoms in total. The van der Waals surface area contributed by atoms with Crippen LogP contribution in [0.5, 0.6) is 0 Å². The number of halogens is 1. The fourth-order valence-corrected chi connectivity index (χ4v) is 4.07. The lowest BCUT2D eigenvalue weighted by atomic mass is 10.2. The Labute approximate surface area is 167 Å². The van der Waals surface area contributed by atoms with Crippen molar-refractivity contribution in [2.24, 2.45) is 0 Å². The number of anilines is 1. The minimum atomic E-state index is -0.297. The molecule has 4 aromatic rings. The maximum Gasteiger partial charge on any atom is 0.278 e. The van der Waals surface area contributed by atoms with Gasteiger partial charge in [0.15, 0.2) is 5.69 Å². The molecule has 0 radical (unpaired) electrons. The van der Waals surface area contributed by atoms with Crippen molar-refractivity contribution in [3.05, 3.63) is 71.3 Å². The highest BCUT2D eigenvalue weighted by Gasteiger charge is 2.27. The third-order valence-electron chi connectivity index (χ3n) is 5.41. The topological polar surface area (TPSA) is 64.7 Å². The molecule has 1 aliphatic carbocycles. The van der Waals surface area contributed by atoms with Gasteiger partial charge >= 0.3 is 0 Å². The second kappa shape index (κ2) is 6.84. The van der Waals surface area contributed by atoms with Crippen LogP contribution in [0.25, 0.3) is 16.7 Å². The van der Waals surface area contributed by atoms with E-state index in [0.29, 0.717) is 18.2 Å². The van der Waals surface area contributed by atoms with Crippen molar-refractivity contribution in [2.75, 3.05) is 5.32 Å². The number of hydrogen-bond donors (Lipinski definition) is 1. The Morgan fingerprint density at radius 2 is 1.93 bits per heavy atom. The van der Waals surface area contributed by atoms with Crippen molar-refractivity contribution in [1.82, 2.24) is 19.3 Å². The van der Waals surface area contributed by atoms with E-state index < -0.39 is 0 Å². The van der Waals surface area contributed by atoms with E-state index in [2.05, 4.69) is 15.4 Å². The molecule has 1 aliphatic rings. The number of aromatic nitrogens is 4. The summed E-state index contributed by atoms with van der Waals surface area (Å²) in [6, 6.07) is 14.0. The maximum absolute atomic E-state index is 13.3. The summed E-state index contributed by atoms with van der Waals surface area (Å²) in [5.74, 6) is -0.0511. The van der Waals surface area contributed by atoms with Gasteiger partial charge in [-0.1, -0.05) is 12.1 Å². The standard InChI is InChI=1S/C22H20FN5O/c1-2-27-19-8-4-3-7-17(19)24-22(27)25-21(29)20-16-6-5-9-18(16)28(26-20)15-12-10-14(23)11-13-15/h3-4,7-8,10-13H,2,5-6,9H2,1H3,(H,24,25,29). The molecule has 0 saturated carbocycles. The molecule has 7 heteroatoms. The highest BCUT2D eigenvalue weighted by Crippen LogP contribution is 2.29. The van der Waals surface area contributed by atoms with Crippen LogP contribution >= 0.6 is 0 Å². The van der Waals surface area contributed by atoms with E-state index in [1.807, 2.05) is 35.8 Å². The van der Waals surface area contributed by atoms with Crippen LogP contribution in [0.3, 0.4) is 0 Å². The zero-order valence-electron chi connectivity index (χ0n) is 16.0. The van der Waals surface area contributed by atoms with Crippen molar-refractivity contribution in [2.45, 2.75) is 32.7 Å². The number of aryl methyl sites for hydroxylation is 1. The lowest BCUT2D eigenvalue weighted by Crippen LogP contribution is -2.18. The normalized spacial score (nSPS) is 13.0. The van der Waals surface area contributed by atoms with Gasteiger partial charge in [-0.3, -0.25) is 10.1 Å². The van der Waals surface area contributed by atoms with Gasteiger partial charge in [0.2, 0.25) is 5.95 Å². The fourth-order valence-electron chi connectivity index (χ4n) is 4.07. The summed E-state index contributed by atoms with van der Waals surface area (Å²) in [5.41, 5.74) is 4.97. The number of carbonyl (C=O) groups is 1. The van der Waals surface area contributed by atoms with Crippen molar-refractivity contribution >= 4 is 22.9 Å². The zero-order chi connectivity index (χ0) is 20.0. The predicted octanol–water partition coefficient (Wildman–Crippen LogP) is 4.12. The van der Waals surface area contributed by atoms with Crippen molar-refractivity contribution in [3.63, 3.8) is 0 Å². The Hall–Kier alpha value is -3.48. The van der Waals surface area contributed by atoms with Gasteiger partial charge in [-0.2, -0.15) is 5.10 Å². The summed E-state index contributed by atoms with van der Waals surface area (Å²) in [4.78, 5) is 17.7. The molecule has 0 spiro atoms. The number of amides is 1. The molecule has 2 heterocycles. The number of nitrogens with zero attached hydrogens (tertiary/aromatic N) is 4. The number of nitrogens with one attached hydrogen (secondary N) is 1. The van der Waals surface area contributed by atoms with E-state index >= 15 is 0 Å². The lowest BCUT2D eigenvalue weighted by molar-refractivity contribution is 0.102. The maximum atomic E-state index is 13.3. The van der Waals surface area contributed by atoms with Crippen LogP contribution in [0, 0.1) is 5.82 Å². The van der Waals surface area contributed by atoms with Crippen molar-refractivity contribution < 1.29 is 9.18 Å². The Morgan fingerprint density at radius 1 is 1.14 bits per heavy atom. The van der Waals surface area contributed by atoms with Gasteiger partial charge < -0.3 is 4.57 Å². The minimum Gasteiger partial charge on any atom is -0.310 e. The summed E-state index contributed by atoms with van der Waals surface area (Å²) in [5, 5.41) is 7.53. The Kier molecular flexibility index (Phi) is 4.16. The molecule has 146 valence electrons. The molecule has 0 bridgehead atoms. The van der Waals surface area contributed by atoms with E-state index in [1.54, 1.807) is 16.8 Å². The molecular weight excluding hydrogens is 369 g/mol. The van der Waals surface area contributed by atoms with Crippen molar-refractivity contribution in [1.29, 1.82) is 0 Å². The smallest absolute Gasteiger partial charge is 0.278 e. The highest BCUT2D eigenvalue weighted by atomic mass is 19.1. The summed E-state index contributed by atoms with van der Waals surface area (Å²) in [7, 11) is 0. The van der Waals surface area contributed by atoms with E-state index in [9.17, 15) is 9.18 Å². The first-order valence-corrected chi connectivity index (χ1v) is 9.79. The first kappa shape index (κ1) is 17.6. The predicted molar refractivity (Wildman–Crippen MR) is 109 cm³/mol. The molecule has 0 aliphatic heterocycles. The number of rotatable bonds is 4. The summed E-state index contributed by atoms with van der Waals surface area (Å²) in [6.07, 6.45) is 2.63. The van der Waals surface area contributed by atoms with E-state index in [4.69, 9.17) is 0 Å². The molecule has 0 unspecified atom stereocenters. The molecule has 5 rings (SSSR count). The first-order valence-electron chi connectivity index (χ1n) is 9.79. The third-order valence-corrected chi connectivity index (χ3v) is 5.41. The molecule has 2 aromatic heterocycles. The SMILES string of the molecule is CCn1c(NC(=O)c2nn(-c3ccc(F)cc3)c3c2CCC3)nc2ccccc21. The monoisotopic (exact) mass is 389 g/mol. The Bertz CT molecular complexity index is 1220. The van der Waals surface area contributed by atoms with Gasteiger partial charge in [-0.25, -0.2) is 14.1 Å². The van der Waals surface area contributed by atoms with Crippen LogP contribution in [0.1, 0.15) is 35.1 Å². The average Bonchev–Trinajstić information content (AvgIpc) is 3.41. The number of imidazole rings is 1. The van der Waals surface area contributed by atoms with Crippen molar-refractivity contribution in [3.8, 4) is 5.69 Å². The molecule has 0 fully saturated rings. The minimum absolute atomic E-state index is 0.269. The number of hydrogen-bond acceptors (Lipinski definition) is 3. The summed E-state index contributed by atoms with van der Waals surface area (Å²) < 4.78 is 17.0. The highest BCUT2D eigenvalue weighted by molar-refractivity contribution is 6.04. The summed E-state index contributed by atoms with van der Waals surface area (Å²) >= 11 is 0. The summed E-state index contributed by atoms with van der Waals surface area (Å²) in [6.45, 7) is 2.71. The number of carbonyl (C=O) groups excluding carboxylic acids is 1. The van der Waals surface area contributed by atoms with Gasteiger partial charge in [-0.05, 0) is 62.6 Å². The zero-order valence-corrected chi connectivity index (χ0v) is 16.0. The fraction of sp³-hybridized carbons (Fsp3) is 0.227. The third kappa shape index (κ3) is 2.90. The Morgan fingerprint density at radius 3 is 2.72 bits per heavy atom. The molecule has 29 heavy (non-hydrogen) atoms. The number of benzene rings is 2. The molecule has 1 N–H and O–H groups in total. The molecule has 1 amide bonds. The molecule has 2 aromatic carbocycles. The van der Waals surface area contributed by atoms with Gasteiger partial charge in [0.1, 0.15) is 5.82 Å². The van der Waals surface area contributed by atoms with E-state index in [-0.39, 0.29) is 11.7 Å². The van der Waals surface area contributed by atoms with Gasteiger partial charge in [0.05, 0.1) is 16.7 Å². The molecule has 0 saturated heterocycles. The average molecular weight is 389 g/mol. The van der Waals surface area contributed by atoms with Gasteiger partial charge in [0, 0.05) is 17.8 Å². The van der Waals surface area contributed by atoms with Gasteiger partial charge in [0.25, 0.3) is 5.91 Å². The van der Waals surface area contributed by atoms with Crippen LogP contribution in [-0.2, 0) is 19.4 Å². The second-order valence-electron chi connectivity index (χ2n) is 7.14. The van der Waals surface area contributed by atoms with Crippen LogP contribution in [0.2, 0.25) is 0 Å². The molecular formula is C22H20FN5O.